The topological polar surface area (TPSA) is 46.3 Å². The molecule has 1 aromatic carbocycles. The van der Waals surface area contributed by atoms with Crippen LogP contribution in [0.1, 0.15) is 11.3 Å². The Bertz CT molecular complexity index is 799. The van der Waals surface area contributed by atoms with Gasteiger partial charge in [-0.2, -0.15) is 0 Å². The second-order valence-corrected chi connectivity index (χ2v) is 6.47. The first-order valence-electron chi connectivity index (χ1n) is 7.08. The summed E-state index contributed by atoms with van der Waals surface area (Å²) < 4.78 is 5.32. The zero-order valence-corrected chi connectivity index (χ0v) is 14.1. The van der Waals surface area contributed by atoms with E-state index in [2.05, 4.69) is 4.98 Å². The van der Waals surface area contributed by atoms with Crippen LogP contribution in [0.5, 0.6) is 0 Å². The Morgan fingerprint density at radius 1 is 1.35 bits per heavy atom. The first kappa shape index (κ1) is 15.8. The summed E-state index contributed by atoms with van der Waals surface area (Å²) in [5, 5.41) is 3.35. The van der Waals surface area contributed by atoms with Gasteiger partial charge in [-0.1, -0.05) is 23.7 Å². The van der Waals surface area contributed by atoms with Gasteiger partial charge in [-0.25, -0.2) is 4.98 Å². The number of benzene rings is 1. The van der Waals surface area contributed by atoms with Crippen molar-refractivity contribution >= 4 is 28.8 Å². The summed E-state index contributed by atoms with van der Waals surface area (Å²) in [7, 11) is 1.78. The average Bonchev–Trinajstić information content (AvgIpc) is 3.17. The predicted octanol–water partition coefficient (Wildman–Crippen LogP) is 4.26. The molecule has 6 heteroatoms. The number of carbonyl (C=O) groups is 1. The Kier molecular flexibility index (Phi) is 4.79. The molecule has 0 saturated carbocycles. The fourth-order valence-corrected chi connectivity index (χ4v) is 3.19. The highest BCUT2D eigenvalue weighted by Crippen LogP contribution is 2.24. The molecule has 1 amide bonds. The first-order chi connectivity index (χ1) is 11.1. The molecule has 0 spiro atoms. The van der Waals surface area contributed by atoms with E-state index in [1.807, 2.05) is 41.8 Å². The minimum atomic E-state index is 0.0151. The molecule has 2 aromatic heterocycles. The van der Waals surface area contributed by atoms with E-state index in [9.17, 15) is 4.79 Å². The van der Waals surface area contributed by atoms with E-state index < -0.39 is 0 Å². The van der Waals surface area contributed by atoms with Gasteiger partial charge in [0, 0.05) is 24.0 Å². The number of hydrogen-bond donors (Lipinski definition) is 0. The van der Waals surface area contributed by atoms with Gasteiger partial charge >= 0.3 is 0 Å². The van der Waals surface area contributed by atoms with Crippen molar-refractivity contribution in [3.05, 3.63) is 64.3 Å². The van der Waals surface area contributed by atoms with Gasteiger partial charge in [-0.05, 0) is 29.8 Å². The number of aromatic nitrogens is 1. The molecular formula is C17H15ClN2O2S. The maximum atomic E-state index is 12.3. The maximum absolute atomic E-state index is 12.3. The molecule has 0 unspecified atom stereocenters. The third kappa shape index (κ3) is 4.00. The van der Waals surface area contributed by atoms with Gasteiger partial charge in [-0.15, -0.1) is 11.3 Å². The molecule has 0 aliphatic heterocycles. The number of furan rings is 1. The van der Waals surface area contributed by atoms with Crippen LogP contribution in [0.25, 0.3) is 10.8 Å². The first-order valence-corrected chi connectivity index (χ1v) is 8.34. The van der Waals surface area contributed by atoms with Gasteiger partial charge in [0.05, 0.1) is 18.4 Å². The predicted molar refractivity (Wildman–Crippen MR) is 91.4 cm³/mol. The van der Waals surface area contributed by atoms with Crippen molar-refractivity contribution < 1.29 is 9.21 Å². The third-order valence-corrected chi connectivity index (χ3v) is 4.49. The van der Waals surface area contributed by atoms with Crippen LogP contribution in [0, 0.1) is 0 Å². The van der Waals surface area contributed by atoms with Crippen molar-refractivity contribution in [3.8, 4) is 10.8 Å². The quantitative estimate of drug-likeness (QED) is 0.693. The van der Waals surface area contributed by atoms with E-state index >= 15 is 0 Å². The molecule has 23 heavy (non-hydrogen) atoms. The van der Waals surface area contributed by atoms with Crippen molar-refractivity contribution in [2.45, 2.75) is 13.0 Å². The van der Waals surface area contributed by atoms with Crippen molar-refractivity contribution in [2.24, 2.45) is 0 Å². The van der Waals surface area contributed by atoms with E-state index in [0.717, 1.165) is 22.0 Å². The minimum absolute atomic E-state index is 0.0151. The highest BCUT2D eigenvalue weighted by atomic mass is 35.5. The van der Waals surface area contributed by atoms with Crippen molar-refractivity contribution in [3.63, 3.8) is 0 Å². The van der Waals surface area contributed by atoms with E-state index in [1.54, 1.807) is 18.2 Å². The van der Waals surface area contributed by atoms with Crippen molar-refractivity contribution in [2.75, 3.05) is 7.05 Å². The monoisotopic (exact) mass is 346 g/mol. The number of likely N-dealkylation sites (N-methyl/N-ethyl adjacent to an activating group) is 1. The van der Waals surface area contributed by atoms with Crippen LogP contribution in [-0.4, -0.2) is 22.8 Å². The molecule has 3 rings (SSSR count). The normalized spacial score (nSPS) is 10.7. The molecule has 0 fully saturated rings. The molecule has 0 bridgehead atoms. The molecule has 2 heterocycles. The fraction of sp³-hybridized carbons (Fsp3) is 0.176. The standard InChI is InChI=1S/C17H15ClN2O2S/c1-20(10-12-4-2-5-13(18)8-12)16(21)9-14-11-23-17(19-14)15-6-3-7-22-15/h2-8,11H,9-10H2,1H3. The summed E-state index contributed by atoms with van der Waals surface area (Å²) in [6.07, 6.45) is 1.88. The molecule has 3 aromatic rings. The van der Waals surface area contributed by atoms with Crippen LogP contribution >= 0.6 is 22.9 Å². The Balaban J connectivity index is 1.62. The number of carbonyl (C=O) groups excluding carboxylic acids is 1. The van der Waals surface area contributed by atoms with Crippen molar-refractivity contribution in [1.82, 2.24) is 9.88 Å². The third-order valence-electron chi connectivity index (χ3n) is 3.35. The minimum Gasteiger partial charge on any atom is -0.462 e. The second-order valence-electron chi connectivity index (χ2n) is 5.18. The Morgan fingerprint density at radius 2 is 2.22 bits per heavy atom. The molecule has 0 aliphatic rings. The number of halogens is 1. The van der Waals surface area contributed by atoms with Crippen LogP contribution in [0.2, 0.25) is 5.02 Å². The van der Waals surface area contributed by atoms with E-state index in [0.29, 0.717) is 11.6 Å². The SMILES string of the molecule is CN(Cc1cccc(Cl)c1)C(=O)Cc1csc(-c2ccco2)n1. The summed E-state index contributed by atoms with van der Waals surface area (Å²) in [5.41, 5.74) is 1.76. The fourth-order valence-electron chi connectivity index (χ4n) is 2.19. The average molecular weight is 347 g/mol. The molecule has 0 radical (unpaired) electrons. The van der Waals surface area contributed by atoms with Gasteiger partial charge in [0.25, 0.3) is 0 Å². The van der Waals surface area contributed by atoms with Crippen LogP contribution in [-0.2, 0) is 17.8 Å². The van der Waals surface area contributed by atoms with Crippen LogP contribution < -0.4 is 0 Å². The summed E-state index contributed by atoms with van der Waals surface area (Å²) in [6.45, 7) is 0.522. The number of amides is 1. The smallest absolute Gasteiger partial charge is 0.228 e. The van der Waals surface area contributed by atoms with Crippen LogP contribution in [0.3, 0.4) is 0 Å². The van der Waals surface area contributed by atoms with Crippen molar-refractivity contribution in [1.29, 1.82) is 0 Å². The Labute approximate surface area is 143 Å². The van der Waals surface area contributed by atoms with E-state index in [-0.39, 0.29) is 12.3 Å². The van der Waals surface area contributed by atoms with Gasteiger partial charge in [0.1, 0.15) is 0 Å². The lowest BCUT2D eigenvalue weighted by Gasteiger charge is -2.16. The molecule has 0 saturated heterocycles. The summed E-state index contributed by atoms with van der Waals surface area (Å²) >= 11 is 7.44. The molecule has 0 aliphatic carbocycles. The van der Waals surface area contributed by atoms with Gasteiger partial charge in [-0.3, -0.25) is 4.79 Å². The largest absolute Gasteiger partial charge is 0.462 e. The zero-order chi connectivity index (χ0) is 16.2. The van der Waals surface area contributed by atoms with Crippen LogP contribution in [0.4, 0.5) is 0 Å². The number of nitrogens with zero attached hydrogens (tertiary/aromatic N) is 2. The Hall–Kier alpha value is -2.11. The summed E-state index contributed by atoms with van der Waals surface area (Å²) in [4.78, 5) is 18.5. The lowest BCUT2D eigenvalue weighted by molar-refractivity contribution is -0.129. The lowest BCUT2D eigenvalue weighted by atomic mass is 10.2. The molecule has 0 N–H and O–H groups in total. The lowest BCUT2D eigenvalue weighted by Crippen LogP contribution is -2.27. The molecule has 4 nitrogen and oxygen atoms in total. The summed E-state index contributed by atoms with van der Waals surface area (Å²) in [6, 6.07) is 11.2. The molecule has 118 valence electrons. The van der Waals surface area contributed by atoms with Gasteiger partial charge in [0.2, 0.25) is 5.91 Å². The van der Waals surface area contributed by atoms with Gasteiger partial charge in [0.15, 0.2) is 10.8 Å². The van der Waals surface area contributed by atoms with E-state index in [1.165, 1.54) is 11.3 Å². The number of thiazole rings is 1. The Morgan fingerprint density at radius 3 is 2.96 bits per heavy atom. The maximum Gasteiger partial charge on any atom is 0.228 e. The molecule has 0 atom stereocenters. The number of rotatable bonds is 5. The van der Waals surface area contributed by atoms with E-state index in [4.69, 9.17) is 16.0 Å². The second kappa shape index (κ2) is 6.98. The highest BCUT2D eigenvalue weighted by Gasteiger charge is 2.14. The van der Waals surface area contributed by atoms with Crippen LogP contribution in [0.15, 0.2) is 52.5 Å². The molecular weight excluding hydrogens is 332 g/mol. The zero-order valence-electron chi connectivity index (χ0n) is 12.5. The summed E-state index contributed by atoms with van der Waals surface area (Å²) in [5.74, 6) is 0.738. The highest BCUT2D eigenvalue weighted by molar-refractivity contribution is 7.13. The van der Waals surface area contributed by atoms with Gasteiger partial charge < -0.3 is 9.32 Å². The number of hydrogen-bond acceptors (Lipinski definition) is 4.